The van der Waals surface area contributed by atoms with Crippen LogP contribution in [0.5, 0.6) is 5.75 Å². The molecular weight excluding hydrogens is 596 g/mol. The van der Waals surface area contributed by atoms with Crippen LogP contribution in [-0.2, 0) is 20.9 Å². The molecule has 1 aliphatic carbocycles. The molecule has 0 aromatic heterocycles. The number of hydrogen-bond donors (Lipinski definition) is 1. The predicted octanol–water partition coefficient (Wildman–Crippen LogP) is 6.21. The highest BCUT2D eigenvalue weighted by molar-refractivity contribution is 6.07. The number of urea groups is 1. The molecule has 11 heteroatoms. The first-order chi connectivity index (χ1) is 22.4. The fourth-order valence-corrected chi connectivity index (χ4v) is 6.12. The molecule has 0 saturated heterocycles. The summed E-state index contributed by atoms with van der Waals surface area (Å²) in [6.07, 6.45) is 7.54. The normalized spacial score (nSPS) is 14.9. The van der Waals surface area contributed by atoms with Crippen molar-refractivity contribution in [3.63, 3.8) is 0 Å². The molecule has 1 aliphatic heterocycles. The van der Waals surface area contributed by atoms with Gasteiger partial charge in [0.15, 0.2) is 0 Å². The number of rotatable bonds is 13. The molecule has 2 N–H and O–H groups in total. The second kappa shape index (κ2) is 16.0. The van der Waals surface area contributed by atoms with Crippen LogP contribution in [-0.4, -0.2) is 79.6 Å². The van der Waals surface area contributed by atoms with Gasteiger partial charge in [-0.15, -0.1) is 0 Å². The molecule has 0 unspecified atom stereocenters. The number of anilines is 2. The highest BCUT2D eigenvalue weighted by Crippen LogP contribution is 2.37. The van der Waals surface area contributed by atoms with Gasteiger partial charge >= 0.3 is 12.0 Å². The van der Waals surface area contributed by atoms with E-state index in [1.807, 2.05) is 92.0 Å². The quantitative estimate of drug-likeness (QED) is 0.202. The lowest BCUT2D eigenvalue weighted by molar-refractivity contribution is -0.154. The van der Waals surface area contributed by atoms with Crippen molar-refractivity contribution < 1.29 is 23.9 Å². The molecule has 0 bridgehead atoms. The maximum absolute atomic E-state index is 14.8. The van der Waals surface area contributed by atoms with Crippen molar-refractivity contribution >= 4 is 40.9 Å². The van der Waals surface area contributed by atoms with Gasteiger partial charge in [-0.3, -0.25) is 14.6 Å². The SMILES string of the molecule is CCCCOC(=O)C(C)(C)N1Cc2cc(OCCCC(N)=O)ccc2N=C1N(C)C(=O)N(c1ccccc1N(C)C)C1CCCCC1. The first-order valence-corrected chi connectivity index (χ1v) is 16.9. The minimum atomic E-state index is -1.14. The third-order valence-electron chi connectivity index (χ3n) is 8.94. The molecule has 3 amide bonds. The largest absolute Gasteiger partial charge is 0.494 e. The van der Waals surface area contributed by atoms with Crippen LogP contribution in [0.25, 0.3) is 0 Å². The van der Waals surface area contributed by atoms with Crippen molar-refractivity contribution in [2.45, 2.75) is 96.7 Å². The highest BCUT2D eigenvalue weighted by Gasteiger charge is 2.43. The first kappa shape index (κ1) is 35.6. The summed E-state index contributed by atoms with van der Waals surface area (Å²) in [7, 11) is 5.71. The Kier molecular flexibility index (Phi) is 12.1. The molecule has 11 nitrogen and oxygen atoms in total. The minimum absolute atomic E-state index is 0.0333. The number of unbranched alkanes of at least 4 members (excludes halogenated alkanes) is 1. The lowest BCUT2D eigenvalue weighted by atomic mass is 9.93. The smallest absolute Gasteiger partial charge is 0.331 e. The van der Waals surface area contributed by atoms with E-state index in [2.05, 4.69) is 0 Å². The van der Waals surface area contributed by atoms with Crippen molar-refractivity contribution in [1.29, 1.82) is 0 Å². The number of hydrogen-bond acceptors (Lipinski definition) is 8. The van der Waals surface area contributed by atoms with E-state index in [1.165, 1.54) is 0 Å². The Labute approximate surface area is 279 Å². The second-order valence-electron chi connectivity index (χ2n) is 13.1. The van der Waals surface area contributed by atoms with Crippen molar-refractivity contribution in [2.24, 2.45) is 10.7 Å². The van der Waals surface area contributed by atoms with Crippen molar-refractivity contribution in [3.05, 3.63) is 48.0 Å². The fraction of sp³-hybridized carbons (Fsp3) is 0.556. The third-order valence-corrected chi connectivity index (χ3v) is 8.94. The standard InChI is InChI=1S/C36H52N6O5/c1-7-8-22-47-33(44)36(2,3)41-25-26-24-28(46-23-14-19-32(37)43)20-21-29(26)38-34(41)40(6)35(45)42(27-15-10-9-11-16-27)31-18-13-12-17-30(31)39(4)5/h12-13,17-18,20-21,24,27H,7-11,14-16,19,22-23,25H2,1-6H3,(H2,37,43). The molecule has 1 fully saturated rings. The summed E-state index contributed by atoms with van der Waals surface area (Å²) in [5.41, 5.74) is 7.46. The van der Waals surface area contributed by atoms with Crippen molar-refractivity contribution in [2.75, 3.05) is 44.2 Å². The first-order valence-electron chi connectivity index (χ1n) is 16.9. The zero-order chi connectivity index (χ0) is 34.1. The maximum atomic E-state index is 14.8. The van der Waals surface area contributed by atoms with Gasteiger partial charge in [0, 0.05) is 45.7 Å². The maximum Gasteiger partial charge on any atom is 0.331 e. The Bertz CT molecular complexity index is 1430. The number of benzene rings is 2. The van der Waals surface area contributed by atoms with Gasteiger partial charge in [-0.05, 0) is 69.9 Å². The molecule has 47 heavy (non-hydrogen) atoms. The van der Waals surface area contributed by atoms with Crippen molar-refractivity contribution in [1.82, 2.24) is 9.80 Å². The van der Waals surface area contributed by atoms with Crippen LogP contribution < -0.4 is 20.3 Å². The van der Waals surface area contributed by atoms with Gasteiger partial charge in [0.05, 0.1) is 30.3 Å². The van der Waals surface area contributed by atoms with E-state index in [1.54, 1.807) is 11.9 Å². The number of nitrogens with two attached hydrogens (primary N) is 1. The highest BCUT2D eigenvalue weighted by atomic mass is 16.5. The Hall–Kier alpha value is -4.28. The summed E-state index contributed by atoms with van der Waals surface area (Å²) in [6.45, 7) is 6.64. The molecule has 2 aliphatic rings. The minimum Gasteiger partial charge on any atom is -0.494 e. The number of carbonyl (C=O) groups excluding carboxylic acids is 3. The number of guanidine groups is 1. The molecule has 0 spiro atoms. The number of carbonyl (C=O) groups is 3. The van der Waals surface area contributed by atoms with Crippen LogP contribution in [0.2, 0.25) is 0 Å². The van der Waals surface area contributed by atoms with Gasteiger partial charge in [0.1, 0.15) is 11.3 Å². The average molecular weight is 649 g/mol. The summed E-state index contributed by atoms with van der Waals surface area (Å²) in [4.78, 5) is 52.0. The van der Waals surface area contributed by atoms with E-state index in [-0.39, 0.29) is 30.4 Å². The number of esters is 1. The molecule has 256 valence electrons. The number of primary amides is 1. The number of fused-ring (bicyclic) bond motifs is 1. The second-order valence-corrected chi connectivity index (χ2v) is 13.1. The predicted molar refractivity (Wildman–Crippen MR) is 186 cm³/mol. The van der Waals surface area contributed by atoms with E-state index >= 15 is 0 Å². The number of para-hydroxylation sites is 2. The number of nitrogens with zero attached hydrogens (tertiary/aromatic N) is 5. The lowest BCUT2D eigenvalue weighted by Gasteiger charge is -2.45. The molecular formula is C36H52N6O5. The Morgan fingerprint density at radius 1 is 0.979 bits per heavy atom. The number of aliphatic imine (C=N–C) groups is 1. The van der Waals surface area contributed by atoms with Crippen LogP contribution in [0.15, 0.2) is 47.5 Å². The average Bonchev–Trinajstić information content (AvgIpc) is 3.06. The summed E-state index contributed by atoms with van der Waals surface area (Å²) in [5, 5.41) is 0. The summed E-state index contributed by atoms with van der Waals surface area (Å²) in [5.74, 6) is 0.251. The van der Waals surface area contributed by atoms with Gasteiger partial charge in [-0.2, -0.15) is 0 Å². The van der Waals surface area contributed by atoms with Crippen LogP contribution in [0.4, 0.5) is 21.9 Å². The summed E-state index contributed by atoms with van der Waals surface area (Å²) in [6, 6.07) is 13.4. The van der Waals surface area contributed by atoms with E-state index in [0.717, 1.165) is 61.9 Å². The lowest BCUT2D eigenvalue weighted by Crippen LogP contribution is -2.61. The molecule has 1 saturated carbocycles. The van der Waals surface area contributed by atoms with Gasteiger partial charge in [-0.25, -0.2) is 14.6 Å². The monoisotopic (exact) mass is 648 g/mol. The van der Waals surface area contributed by atoms with Gasteiger partial charge in [0.2, 0.25) is 11.9 Å². The molecule has 4 rings (SSSR count). The zero-order valence-corrected chi connectivity index (χ0v) is 29.0. The zero-order valence-electron chi connectivity index (χ0n) is 29.0. The van der Waals surface area contributed by atoms with E-state index in [4.69, 9.17) is 20.2 Å². The summed E-state index contributed by atoms with van der Waals surface area (Å²) >= 11 is 0. The number of ether oxygens (including phenoxy) is 2. The van der Waals surface area contributed by atoms with Gasteiger partial charge < -0.3 is 25.0 Å². The molecule has 0 atom stereocenters. The molecule has 2 aromatic carbocycles. The van der Waals surface area contributed by atoms with Crippen LogP contribution in [0, 0.1) is 0 Å². The van der Waals surface area contributed by atoms with E-state index in [9.17, 15) is 14.4 Å². The van der Waals surface area contributed by atoms with Gasteiger partial charge in [0.25, 0.3) is 0 Å². The Balaban J connectivity index is 1.74. The Morgan fingerprint density at radius 2 is 1.68 bits per heavy atom. The topological polar surface area (TPSA) is 121 Å². The van der Waals surface area contributed by atoms with Crippen LogP contribution >= 0.6 is 0 Å². The van der Waals surface area contributed by atoms with Crippen molar-refractivity contribution in [3.8, 4) is 5.75 Å². The van der Waals surface area contributed by atoms with Gasteiger partial charge in [-0.1, -0.05) is 44.7 Å². The summed E-state index contributed by atoms with van der Waals surface area (Å²) < 4.78 is 11.6. The van der Waals surface area contributed by atoms with E-state index in [0.29, 0.717) is 43.6 Å². The molecule has 0 radical (unpaired) electrons. The number of amides is 3. The fourth-order valence-electron chi connectivity index (χ4n) is 6.12. The Morgan fingerprint density at radius 3 is 2.34 bits per heavy atom. The van der Waals surface area contributed by atoms with Crippen LogP contribution in [0.3, 0.4) is 0 Å². The molecule has 1 heterocycles. The molecule has 2 aromatic rings. The third kappa shape index (κ3) is 8.55. The van der Waals surface area contributed by atoms with E-state index < -0.39 is 5.54 Å². The van der Waals surface area contributed by atoms with Crippen LogP contribution in [0.1, 0.15) is 84.1 Å².